The maximum absolute atomic E-state index is 11.1. The lowest BCUT2D eigenvalue weighted by Gasteiger charge is -2.06. The van der Waals surface area contributed by atoms with Crippen molar-refractivity contribution in [2.45, 2.75) is 45.6 Å². The van der Waals surface area contributed by atoms with Gasteiger partial charge >= 0.3 is 5.97 Å². The number of hydrogen-bond acceptors (Lipinski definition) is 4. The summed E-state index contributed by atoms with van der Waals surface area (Å²) in [7, 11) is 0. The average Bonchev–Trinajstić information content (AvgIpc) is 2.14. The Morgan fingerprint density at radius 3 is 2.57 bits per heavy atom. The van der Waals surface area contributed by atoms with Crippen LogP contribution in [0.25, 0.3) is 0 Å². The van der Waals surface area contributed by atoms with Gasteiger partial charge in [0.05, 0.1) is 6.61 Å². The molecule has 0 aromatic rings. The Kier molecular flexibility index (Phi) is 6.70. The minimum absolute atomic E-state index is 0.118. The second-order valence-electron chi connectivity index (χ2n) is 3.13. The van der Waals surface area contributed by atoms with E-state index in [1.807, 2.05) is 6.92 Å². The molecule has 1 atom stereocenters. The van der Waals surface area contributed by atoms with Crippen molar-refractivity contribution in [2.24, 2.45) is 0 Å². The minimum Gasteiger partial charge on any atom is -0.465 e. The number of hydrogen-bond donors (Lipinski definition) is 0. The van der Waals surface area contributed by atoms with Crippen LogP contribution < -0.4 is 0 Å². The van der Waals surface area contributed by atoms with Crippen molar-refractivity contribution >= 4 is 5.97 Å². The van der Waals surface area contributed by atoms with Gasteiger partial charge in [0.25, 0.3) is 0 Å². The van der Waals surface area contributed by atoms with E-state index < -0.39 is 16.9 Å². The van der Waals surface area contributed by atoms with Gasteiger partial charge in [0, 0.05) is 11.3 Å². The maximum Gasteiger partial charge on any atom is 0.312 e. The molecular weight excluding hydrogens is 186 g/mol. The van der Waals surface area contributed by atoms with E-state index in [4.69, 9.17) is 4.74 Å². The molecule has 5 heteroatoms. The fourth-order valence-corrected chi connectivity index (χ4v) is 0.950. The number of esters is 1. The SMILES string of the molecule is CCCCOC(=O)CC(CC)[N+](=O)[O-]. The zero-order chi connectivity index (χ0) is 11.0. The van der Waals surface area contributed by atoms with Crippen molar-refractivity contribution < 1.29 is 14.5 Å². The highest BCUT2D eigenvalue weighted by atomic mass is 16.6. The van der Waals surface area contributed by atoms with Crippen molar-refractivity contribution in [2.75, 3.05) is 6.61 Å². The van der Waals surface area contributed by atoms with Crippen LogP contribution >= 0.6 is 0 Å². The first-order valence-electron chi connectivity index (χ1n) is 4.90. The Balaban J connectivity index is 3.74. The molecule has 0 amide bonds. The highest BCUT2D eigenvalue weighted by molar-refractivity contribution is 5.69. The van der Waals surface area contributed by atoms with Crippen LogP contribution in [0.2, 0.25) is 0 Å². The van der Waals surface area contributed by atoms with E-state index in [1.54, 1.807) is 6.92 Å². The van der Waals surface area contributed by atoms with Crippen LogP contribution in [0.1, 0.15) is 39.5 Å². The van der Waals surface area contributed by atoms with Crippen LogP contribution in [-0.4, -0.2) is 23.5 Å². The lowest BCUT2D eigenvalue weighted by molar-refractivity contribution is -0.522. The molecule has 1 unspecified atom stereocenters. The van der Waals surface area contributed by atoms with Crippen LogP contribution in [0, 0.1) is 10.1 Å². The van der Waals surface area contributed by atoms with Gasteiger partial charge in [-0.3, -0.25) is 14.9 Å². The Morgan fingerprint density at radius 2 is 2.14 bits per heavy atom. The van der Waals surface area contributed by atoms with Crippen LogP contribution in [0.15, 0.2) is 0 Å². The molecule has 14 heavy (non-hydrogen) atoms. The second-order valence-corrected chi connectivity index (χ2v) is 3.13. The van der Waals surface area contributed by atoms with E-state index in [-0.39, 0.29) is 6.42 Å². The molecule has 0 fully saturated rings. The van der Waals surface area contributed by atoms with E-state index >= 15 is 0 Å². The topological polar surface area (TPSA) is 69.4 Å². The predicted octanol–water partition coefficient (Wildman–Crippen LogP) is 1.78. The van der Waals surface area contributed by atoms with E-state index in [0.717, 1.165) is 12.8 Å². The molecule has 82 valence electrons. The highest BCUT2D eigenvalue weighted by Gasteiger charge is 2.22. The minimum atomic E-state index is -0.802. The normalized spacial score (nSPS) is 12.1. The molecule has 5 nitrogen and oxygen atoms in total. The van der Waals surface area contributed by atoms with Gasteiger partial charge in [-0.05, 0) is 6.42 Å². The van der Waals surface area contributed by atoms with Gasteiger partial charge < -0.3 is 4.74 Å². The number of nitrogens with zero attached hydrogens (tertiary/aromatic N) is 1. The number of ether oxygens (including phenoxy) is 1. The zero-order valence-corrected chi connectivity index (χ0v) is 8.69. The maximum atomic E-state index is 11.1. The summed E-state index contributed by atoms with van der Waals surface area (Å²) < 4.78 is 4.82. The molecule has 0 aliphatic heterocycles. The Morgan fingerprint density at radius 1 is 1.50 bits per heavy atom. The summed E-state index contributed by atoms with van der Waals surface area (Å²) in [5.74, 6) is -0.470. The van der Waals surface area contributed by atoms with Crippen molar-refractivity contribution in [1.29, 1.82) is 0 Å². The molecule has 0 aliphatic rings. The molecule has 0 aliphatic carbocycles. The summed E-state index contributed by atoms with van der Waals surface area (Å²) in [4.78, 5) is 21.0. The second kappa shape index (κ2) is 7.29. The van der Waals surface area contributed by atoms with Gasteiger partial charge in [-0.25, -0.2) is 0 Å². The highest BCUT2D eigenvalue weighted by Crippen LogP contribution is 2.04. The first-order chi connectivity index (χ1) is 6.61. The summed E-state index contributed by atoms with van der Waals surface area (Å²) in [5, 5.41) is 10.4. The number of rotatable bonds is 7. The largest absolute Gasteiger partial charge is 0.465 e. The third-order valence-electron chi connectivity index (χ3n) is 1.93. The summed E-state index contributed by atoms with van der Waals surface area (Å²) in [6, 6.07) is -0.802. The van der Waals surface area contributed by atoms with Crippen LogP contribution in [0.3, 0.4) is 0 Å². The fourth-order valence-electron chi connectivity index (χ4n) is 0.950. The summed E-state index contributed by atoms with van der Waals surface area (Å²) in [6.45, 7) is 4.04. The molecule has 0 saturated carbocycles. The van der Waals surface area contributed by atoms with Gasteiger partial charge in [-0.2, -0.15) is 0 Å². The molecule has 0 aromatic heterocycles. The molecule has 0 bridgehead atoms. The summed E-state index contributed by atoms with van der Waals surface area (Å²) in [5.41, 5.74) is 0. The third kappa shape index (κ3) is 5.50. The lowest BCUT2D eigenvalue weighted by atomic mass is 10.2. The van der Waals surface area contributed by atoms with E-state index in [0.29, 0.717) is 13.0 Å². The average molecular weight is 203 g/mol. The van der Waals surface area contributed by atoms with E-state index in [2.05, 4.69) is 0 Å². The van der Waals surface area contributed by atoms with Crippen molar-refractivity contribution in [1.82, 2.24) is 0 Å². The van der Waals surface area contributed by atoms with Crippen molar-refractivity contribution in [3.63, 3.8) is 0 Å². The monoisotopic (exact) mass is 203 g/mol. The standard InChI is InChI=1S/C9H17NO4/c1-3-5-6-14-9(11)7-8(4-2)10(12)13/h8H,3-7H2,1-2H3. The van der Waals surface area contributed by atoms with Gasteiger partial charge in [0.1, 0.15) is 6.42 Å². The molecular formula is C9H17NO4. The zero-order valence-electron chi connectivity index (χ0n) is 8.69. The Bertz CT molecular complexity index is 193. The van der Waals surface area contributed by atoms with Crippen LogP contribution in [0.4, 0.5) is 0 Å². The van der Waals surface area contributed by atoms with Gasteiger partial charge in [-0.1, -0.05) is 20.3 Å². The molecule has 0 spiro atoms. The Hall–Kier alpha value is -1.13. The lowest BCUT2D eigenvalue weighted by Crippen LogP contribution is -2.23. The van der Waals surface area contributed by atoms with E-state index in [1.165, 1.54) is 0 Å². The van der Waals surface area contributed by atoms with Gasteiger partial charge in [0.15, 0.2) is 0 Å². The summed E-state index contributed by atoms with van der Waals surface area (Å²) >= 11 is 0. The predicted molar refractivity (Wildman–Crippen MR) is 51.6 cm³/mol. The Labute approximate surface area is 83.6 Å². The molecule has 0 saturated heterocycles. The number of carbonyl (C=O) groups excluding carboxylic acids is 1. The van der Waals surface area contributed by atoms with Gasteiger partial charge in [0.2, 0.25) is 6.04 Å². The van der Waals surface area contributed by atoms with Crippen molar-refractivity contribution in [3.05, 3.63) is 10.1 Å². The number of carbonyl (C=O) groups is 1. The quantitative estimate of drug-likeness (QED) is 0.273. The molecule has 0 aromatic carbocycles. The van der Waals surface area contributed by atoms with Crippen LogP contribution in [-0.2, 0) is 9.53 Å². The third-order valence-corrected chi connectivity index (χ3v) is 1.93. The molecule has 0 N–H and O–H groups in total. The molecule has 0 radical (unpaired) electrons. The molecule has 0 heterocycles. The first-order valence-corrected chi connectivity index (χ1v) is 4.90. The summed E-state index contributed by atoms with van der Waals surface area (Å²) in [6.07, 6.45) is 1.99. The fraction of sp³-hybridized carbons (Fsp3) is 0.889. The van der Waals surface area contributed by atoms with E-state index in [9.17, 15) is 14.9 Å². The molecule has 0 rings (SSSR count). The smallest absolute Gasteiger partial charge is 0.312 e. The number of unbranched alkanes of at least 4 members (excludes halogenated alkanes) is 1. The first kappa shape index (κ1) is 12.9. The number of nitro groups is 1. The van der Waals surface area contributed by atoms with Gasteiger partial charge in [-0.15, -0.1) is 0 Å². The van der Waals surface area contributed by atoms with Crippen LogP contribution in [0.5, 0.6) is 0 Å². The van der Waals surface area contributed by atoms with Crippen molar-refractivity contribution in [3.8, 4) is 0 Å².